The van der Waals surface area contributed by atoms with Gasteiger partial charge in [0.15, 0.2) is 18.9 Å². The highest BCUT2D eigenvalue weighted by Gasteiger charge is 2.55. The fourth-order valence-corrected chi connectivity index (χ4v) is 10.3. The smallest absolute Gasteiger partial charge is 0.246 e. The van der Waals surface area contributed by atoms with Crippen LogP contribution in [-0.4, -0.2) is 295 Å². The predicted molar refractivity (Wildman–Crippen MR) is 276 cm³/mol. The summed E-state index contributed by atoms with van der Waals surface area (Å²) < 4.78 is 35.5. The molecule has 0 saturated carbocycles. The van der Waals surface area contributed by atoms with Crippen LogP contribution in [0.1, 0.15) is 67.2 Å². The Hall–Kier alpha value is -5.90. The minimum Gasteiger partial charge on any atom is -0.394 e. The Balaban J connectivity index is 1.43. The molecular formula is C49H80N10O25. The molecule has 5 aliphatic rings. The maximum Gasteiger partial charge on any atom is 0.246 e. The van der Waals surface area contributed by atoms with Crippen LogP contribution in [0.2, 0.25) is 0 Å². The van der Waals surface area contributed by atoms with E-state index in [0.29, 0.717) is 12.8 Å². The fraction of sp³-hybridized carbons (Fsp3) is 0.796. The van der Waals surface area contributed by atoms with Gasteiger partial charge in [0.05, 0.1) is 39.1 Å². The number of ether oxygens (including phenoxy) is 6. The first-order valence-corrected chi connectivity index (χ1v) is 27.2. The maximum absolute atomic E-state index is 14.6. The molecule has 5 heterocycles. The zero-order valence-corrected chi connectivity index (χ0v) is 47.0. The number of carbonyl (C=O) groups excluding carboxylic acids is 10. The molecule has 0 aliphatic carbocycles. The number of aliphatic hydroxyl groups is 9. The molecule has 5 saturated heterocycles. The van der Waals surface area contributed by atoms with Crippen LogP contribution in [0.3, 0.4) is 0 Å². The number of carbonyl (C=O) groups is 10. The molecule has 10 amide bonds. The van der Waals surface area contributed by atoms with Crippen molar-refractivity contribution >= 4 is 59.1 Å². The van der Waals surface area contributed by atoms with Gasteiger partial charge in [0.2, 0.25) is 59.1 Å². The van der Waals surface area contributed by atoms with E-state index in [9.17, 15) is 93.9 Å². The van der Waals surface area contributed by atoms with E-state index < -0.39 is 226 Å². The molecule has 0 aromatic carbocycles. The van der Waals surface area contributed by atoms with E-state index in [1.165, 1.54) is 30.6 Å². The molecule has 5 aliphatic heterocycles. The van der Waals surface area contributed by atoms with Gasteiger partial charge in [-0.05, 0) is 46.5 Å². The highest BCUT2D eigenvalue weighted by molar-refractivity contribution is 5.97. The van der Waals surface area contributed by atoms with Crippen molar-refractivity contribution in [3.05, 3.63) is 0 Å². The number of hydrogen-bond acceptors (Lipinski definition) is 25. The standard InChI is InChI=1S/C49H80N10O25/c1-18(41(50)73)52-43(75)25-9-7-11-58(25)46(78)26-10-8-12-59(26)45(77)19(2)53-44(76)31(57-42(74)24(14-60)56-30(67)13-51-21(4)64)20(3)79-48-33(55-23(6)66)40(35(69)28(16-62)80-48)84-47-32(54-22(5)65)36(70)39(29(17-63)82-47)83-49-38(72)37(71)34(68)27(15-61)81-49/h18-20,24-29,31-40,47-49,60-63,68-72H,7-17H2,1-6H3,(H2,50,73)(H,51,64)(H,52,75)(H,53,76)(H,54,65)(H,55,66)(H,56,67)(H,57,74)/t18?,19?,20?,24?,25?,26?,27?,28?,29?,31?,32?,33?,34-,35-,36+,37-,38?,39-,40+,47-,48+,49-/m0/s1. The number of nitrogens with two attached hydrogens (primary N) is 1. The zero-order chi connectivity index (χ0) is 62.6. The quantitative estimate of drug-likeness (QED) is 0.0404. The molecule has 0 spiro atoms. The van der Waals surface area contributed by atoms with Crippen LogP contribution in [0.15, 0.2) is 0 Å². The lowest BCUT2D eigenvalue weighted by Crippen LogP contribution is -2.71. The van der Waals surface area contributed by atoms with Gasteiger partial charge in [-0.25, -0.2) is 0 Å². The average Bonchev–Trinajstić information content (AvgIpc) is 1.96. The first kappa shape index (κ1) is 68.9. The molecule has 0 radical (unpaired) electrons. The number of nitrogens with one attached hydrogen (secondary N) is 7. The maximum atomic E-state index is 14.6. The van der Waals surface area contributed by atoms with Gasteiger partial charge in [0, 0.05) is 33.9 Å². The van der Waals surface area contributed by atoms with E-state index >= 15 is 0 Å². The fourth-order valence-electron chi connectivity index (χ4n) is 10.3. The second kappa shape index (κ2) is 31.0. The first-order valence-electron chi connectivity index (χ1n) is 27.2. The Morgan fingerprint density at radius 1 is 0.583 bits per heavy atom. The van der Waals surface area contributed by atoms with Crippen LogP contribution in [0.5, 0.6) is 0 Å². The van der Waals surface area contributed by atoms with Crippen molar-refractivity contribution in [3.8, 4) is 0 Å². The lowest BCUT2D eigenvalue weighted by atomic mass is 9.93. The molecule has 13 unspecified atom stereocenters. The molecule has 0 bridgehead atoms. The summed E-state index contributed by atoms with van der Waals surface area (Å²) in [5.74, 6) is -8.46. The summed E-state index contributed by atoms with van der Waals surface area (Å²) in [6, 6.07) is -11.9. The van der Waals surface area contributed by atoms with Crippen molar-refractivity contribution in [1.29, 1.82) is 0 Å². The highest BCUT2D eigenvalue weighted by Crippen LogP contribution is 2.34. The Bertz CT molecular complexity index is 2340. The molecule has 0 aromatic heterocycles. The van der Waals surface area contributed by atoms with Gasteiger partial charge in [-0.1, -0.05) is 0 Å². The van der Waals surface area contributed by atoms with Crippen LogP contribution in [0.25, 0.3) is 0 Å². The van der Waals surface area contributed by atoms with Gasteiger partial charge in [-0.2, -0.15) is 0 Å². The Kier molecular flexibility index (Phi) is 25.4. The third kappa shape index (κ3) is 17.0. The first-order chi connectivity index (χ1) is 39.6. The van der Waals surface area contributed by atoms with Crippen molar-refractivity contribution in [1.82, 2.24) is 47.0 Å². The van der Waals surface area contributed by atoms with Gasteiger partial charge < -0.3 is 127 Å². The molecule has 18 N–H and O–H groups in total. The summed E-state index contributed by atoms with van der Waals surface area (Å²) in [5, 5.41) is 113. The number of rotatable bonds is 25. The van der Waals surface area contributed by atoms with Gasteiger partial charge in [0.1, 0.15) is 109 Å². The summed E-state index contributed by atoms with van der Waals surface area (Å²) >= 11 is 0. The predicted octanol–water partition coefficient (Wildman–Crippen LogP) is -11.3. The lowest BCUT2D eigenvalue weighted by Gasteiger charge is -2.50. The van der Waals surface area contributed by atoms with Crippen LogP contribution in [-0.2, 0) is 76.4 Å². The Morgan fingerprint density at radius 2 is 1.14 bits per heavy atom. The second-order valence-corrected chi connectivity index (χ2v) is 21.1. The second-order valence-electron chi connectivity index (χ2n) is 21.1. The van der Waals surface area contributed by atoms with E-state index in [4.69, 9.17) is 34.2 Å². The Morgan fingerprint density at radius 3 is 1.73 bits per heavy atom. The minimum absolute atomic E-state index is 0.0349. The van der Waals surface area contributed by atoms with Crippen molar-refractivity contribution < 1.29 is 122 Å². The normalized spacial score (nSPS) is 33.2. The molecule has 35 heteroatoms. The van der Waals surface area contributed by atoms with Gasteiger partial charge in [-0.15, -0.1) is 0 Å². The SMILES string of the molecule is CC(=O)NCC(=O)NC(CO)C(=O)NC(C(=O)NC(C)C(=O)N1CCCC1C(=O)N1CCCC1C(=O)NC(C)C(N)=O)C(C)O[C@@H]1OC(CO)[C@H](O)[C@H](O[C@@H]2OC(CO)[C@H](O[C@@H]3OC(CO)[C@H](O)[C@H](O)C3O)[C@H](O)C2NC(C)=O)C1NC(C)=O. The lowest BCUT2D eigenvalue weighted by molar-refractivity contribution is -0.361. The number of primary amides is 1. The van der Waals surface area contributed by atoms with E-state index in [0.717, 1.165) is 20.8 Å². The van der Waals surface area contributed by atoms with Crippen LogP contribution >= 0.6 is 0 Å². The molecule has 0 aromatic rings. The van der Waals surface area contributed by atoms with Gasteiger partial charge in [0.25, 0.3) is 0 Å². The number of hydrogen-bond donors (Lipinski definition) is 17. The summed E-state index contributed by atoms with van der Waals surface area (Å²) in [5.41, 5.74) is 5.32. The molecular weight excluding hydrogens is 1130 g/mol. The summed E-state index contributed by atoms with van der Waals surface area (Å²) in [6.07, 6.45) is -24.6. The van der Waals surface area contributed by atoms with E-state index in [1.54, 1.807) is 0 Å². The van der Waals surface area contributed by atoms with Crippen LogP contribution in [0, 0.1) is 0 Å². The topological polar surface area (TPSA) is 525 Å². The third-order valence-electron chi connectivity index (χ3n) is 14.8. The highest BCUT2D eigenvalue weighted by atomic mass is 16.7. The minimum atomic E-state index is -2.00. The third-order valence-corrected chi connectivity index (χ3v) is 14.8. The molecule has 5 rings (SSSR count). The number of amides is 10. The van der Waals surface area contributed by atoms with Crippen molar-refractivity contribution in [3.63, 3.8) is 0 Å². The molecule has 84 heavy (non-hydrogen) atoms. The van der Waals surface area contributed by atoms with Crippen molar-refractivity contribution in [2.75, 3.05) is 46.1 Å². The summed E-state index contributed by atoms with van der Waals surface area (Å²) in [4.78, 5) is 134. The van der Waals surface area contributed by atoms with E-state index in [1.807, 2.05) is 0 Å². The molecule has 22 atom stereocenters. The van der Waals surface area contributed by atoms with Crippen LogP contribution < -0.4 is 43.0 Å². The zero-order valence-electron chi connectivity index (χ0n) is 47.0. The summed E-state index contributed by atoms with van der Waals surface area (Å²) in [7, 11) is 0. The number of aliphatic hydroxyl groups excluding tert-OH is 9. The van der Waals surface area contributed by atoms with Crippen molar-refractivity contribution in [2.45, 2.75) is 202 Å². The van der Waals surface area contributed by atoms with Crippen LogP contribution in [0.4, 0.5) is 0 Å². The monoisotopic (exact) mass is 1210 g/mol. The largest absolute Gasteiger partial charge is 0.394 e. The van der Waals surface area contributed by atoms with E-state index in [-0.39, 0.29) is 25.9 Å². The average molecular weight is 1210 g/mol. The summed E-state index contributed by atoms with van der Waals surface area (Å²) in [6.45, 7) is 2.54. The van der Waals surface area contributed by atoms with Crippen molar-refractivity contribution in [2.24, 2.45) is 5.73 Å². The van der Waals surface area contributed by atoms with E-state index in [2.05, 4.69) is 37.2 Å². The molecule has 476 valence electrons. The molecule has 5 fully saturated rings. The Labute approximate surface area is 480 Å². The number of nitrogens with zero attached hydrogens (tertiary/aromatic N) is 2. The number of likely N-dealkylation sites (tertiary alicyclic amines) is 2. The van der Waals surface area contributed by atoms with Gasteiger partial charge in [-0.3, -0.25) is 47.9 Å². The molecule has 35 nitrogen and oxygen atoms in total. The van der Waals surface area contributed by atoms with Gasteiger partial charge >= 0.3 is 0 Å².